The molecule has 0 amide bonds. The molecule has 1 heteroatoms. The molecule has 0 radical (unpaired) electrons. The second-order valence-electron chi connectivity index (χ2n) is 6.35. The number of nitrogens with one attached hydrogen (secondary N) is 1. The topological polar surface area (TPSA) is 12.0 Å². The van der Waals surface area contributed by atoms with Gasteiger partial charge in [-0.05, 0) is 48.8 Å². The first-order chi connectivity index (χ1) is 9.18. The van der Waals surface area contributed by atoms with Gasteiger partial charge in [-0.15, -0.1) is 0 Å². The standard InChI is InChI=1S/C18H29N/c1-4-15-8-10-16(11-9-15)14-17(19-5-2)18(3)12-6-7-13-18/h8-11,17,19H,4-7,12-14H2,1-3H3. The summed E-state index contributed by atoms with van der Waals surface area (Å²) in [6, 6.07) is 9.85. The lowest BCUT2D eigenvalue weighted by atomic mass is 9.77. The van der Waals surface area contributed by atoms with Gasteiger partial charge in [0, 0.05) is 6.04 Å². The van der Waals surface area contributed by atoms with E-state index in [4.69, 9.17) is 0 Å². The molecule has 1 atom stereocenters. The van der Waals surface area contributed by atoms with Gasteiger partial charge in [0.1, 0.15) is 0 Å². The lowest BCUT2D eigenvalue weighted by Crippen LogP contribution is -2.43. The van der Waals surface area contributed by atoms with Crippen LogP contribution in [0.25, 0.3) is 0 Å². The molecule has 1 saturated carbocycles. The van der Waals surface area contributed by atoms with Gasteiger partial charge in [-0.2, -0.15) is 0 Å². The minimum Gasteiger partial charge on any atom is -0.313 e. The minimum absolute atomic E-state index is 0.499. The van der Waals surface area contributed by atoms with Gasteiger partial charge in [0.2, 0.25) is 0 Å². The molecule has 1 aromatic rings. The highest BCUT2D eigenvalue weighted by Gasteiger charge is 2.36. The molecule has 0 heterocycles. The first-order valence-electron chi connectivity index (χ1n) is 7.99. The Bertz CT molecular complexity index is 373. The van der Waals surface area contributed by atoms with Crippen LogP contribution in [0.4, 0.5) is 0 Å². The third-order valence-electron chi connectivity index (χ3n) is 4.91. The van der Waals surface area contributed by atoms with Crippen molar-refractivity contribution in [2.45, 2.75) is 65.3 Å². The van der Waals surface area contributed by atoms with Crippen molar-refractivity contribution in [3.05, 3.63) is 35.4 Å². The van der Waals surface area contributed by atoms with Crippen molar-refractivity contribution in [2.75, 3.05) is 6.54 Å². The van der Waals surface area contributed by atoms with Crippen molar-refractivity contribution in [2.24, 2.45) is 5.41 Å². The lowest BCUT2D eigenvalue weighted by Gasteiger charge is -2.35. The van der Waals surface area contributed by atoms with Crippen molar-refractivity contribution in [3.63, 3.8) is 0 Å². The highest BCUT2D eigenvalue weighted by atomic mass is 14.9. The Morgan fingerprint density at radius 1 is 1.05 bits per heavy atom. The van der Waals surface area contributed by atoms with Gasteiger partial charge in [-0.3, -0.25) is 0 Å². The van der Waals surface area contributed by atoms with Crippen LogP contribution in [0.5, 0.6) is 0 Å². The summed E-state index contributed by atoms with van der Waals surface area (Å²) in [6.07, 6.45) is 7.90. The van der Waals surface area contributed by atoms with Crippen LogP contribution < -0.4 is 5.32 Å². The molecule has 0 bridgehead atoms. The van der Waals surface area contributed by atoms with Crippen LogP contribution in [0.3, 0.4) is 0 Å². The Morgan fingerprint density at radius 2 is 1.63 bits per heavy atom. The summed E-state index contributed by atoms with van der Waals surface area (Å²) >= 11 is 0. The molecule has 1 unspecified atom stereocenters. The van der Waals surface area contributed by atoms with Crippen LogP contribution in [-0.4, -0.2) is 12.6 Å². The predicted octanol–water partition coefficient (Wildman–Crippen LogP) is 4.35. The average molecular weight is 259 g/mol. The number of benzene rings is 1. The first kappa shape index (κ1) is 14.6. The number of likely N-dealkylation sites (N-methyl/N-ethyl adjacent to an activating group) is 1. The zero-order chi connectivity index (χ0) is 13.7. The fraction of sp³-hybridized carbons (Fsp3) is 0.667. The maximum atomic E-state index is 3.74. The monoisotopic (exact) mass is 259 g/mol. The predicted molar refractivity (Wildman–Crippen MR) is 83.6 cm³/mol. The highest BCUT2D eigenvalue weighted by Crippen LogP contribution is 2.41. The maximum Gasteiger partial charge on any atom is 0.0161 e. The van der Waals surface area contributed by atoms with Crippen molar-refractivity contribution >= 4 is 0 Å². The Labute approximate surface area is 118 Å². The first-order valence-corrected chi connectivity index (χ1v) is 7.99. The molecule has 0 aliphatic heterocycles. The number of hydrogen-bond donors (Lipinski definition) is 1. The Morgan fingerprint density at radius 3 is 2.16 bits per heavy atom. The van der Waals surface area contributed by atoms with Crippen molar-refractivity contribution in [1.29, 1.82) is 0 Å². The van der Waals surface area contributed by atoms with Gasteiger partial charge in [0.25, 0.3) is 0 Å². The van der Waals surface area contributed by atoms with E-state index >= 15 is 0 Å². The van der Waals surface area contributed by atoms with Crippen molar-refractivity contribution < 1.29 is 0 Å². The Kier molecular flexibility index (Phi) is 5.04. The average Bonchev–Trinajstić information content (AvgIpc) is 2.87. The molecule has 1 nitrogen and oxygen atoms in total. The fourth-order valence-electron chi connectivity index (χ4n) is 3.49. The largest absolute Gasteiger partial charge is 0.313 e. The molecule has 19 heavy (non-hydrogen) atoms. The van der Waals surface area contributed by atoms with Crippen LogP contribution in [0.2, 0.25) is 0 Å². The molecular weight excluding hydrogens is 230 g/mol. The van der Waals surface area contributed by atoms with E-state index in [1.807, 2.05) is 0 Å². The molecule has 1 aromatic carbocycles. The minimum atomic E-state index is 0.499. The molecule has 0 saturated heterocycles. The van der Waals surface area contributed by atoms with Gasteiger partial charge < -0.3 is 5.32 Å². The van der Waals surface area contributed by atoms with Gasteiger partial charge in [-0.25, -0.2) is 0 Å². The summed E-state index contributed by atoms with van der Waals surface area (Å²) in [5, 5.41) is 3.74. The Balaban J connectivity index is 2.06. The fourth-order valence-corrected chi connectivity index (χ4v) is 3.49. The lowest BCUT2D eigenvalue weighted by molar-refractivity contribution is 0.222. The molecule has 1 aliphatic rings. The molecule has 1 N–H and O–H groups in total. The maximum absolute atomic E-state index is 3.74. The van der Waals surface area contributed by atoms with Crippen molar-refractivity contribution in [3.8, 4) is 0 Å². The summed E-state index contributed by atoms with van der Waals surface area (Å²) in [6.45, 7) is 8.00. The zero-order valence-electron chi connectivity index (χ0n) is 12.8. The summed E-state index contributed by atoms with van der Waals surface area (Å²) in [5.41, 5.74) is 3.42. The van der Waals surface area contributed by atoms with Crippen LogP contribution in [0.1, 0.15) is 57.6 Å². The van der Waals surface area contributed by atoms with E-state index in [2.05, 4.69) is 50.4 Å². The van der Waals surface area contributed by atoms with E-state index in [1.54, 1.807) is 0 Å². The van der Waals surface area contributed by atoms with Gasteiger partial charge in [0.15, 0.2) is 0 Å². The summed E-state index contributed by atoms with van der Waals surface area (Å²) in [7, 11) is 0. The van der Waals surface area contributed by atoms with Crippen LogP contribution in [-0.2, 0) is 12.8 Å². The van der Waals surface area contributed by atoms with E-state index in [-0.39, 0.29) is 0 Å². The third-order valence-corrected chi connectivity index (χ3v) is 4.91. The quantitative estimate of drug-likeness (QED) is 0.801. The normalized spacial score (nSPS) is 19.5. The van der Waals surface area contributed by atoms with E-state index in [0.717, 1.165) is 13.0 Å². The van der Waals surface area contributed by atoms with E-state index in [1.165, 1.54) is 43.2 Å². The van der Waals surface area contributed by atoms with Crippen LogP contribution in [0.15, 0.2) is 24.3 Å². The van der Waals surface area contributed by atoms with Gasteiger partial charge in [-0.1, -0.05) is 57.9 Å². The summed E-state index contributed by atoms with van der Waals surface area (Å²) in [4.78, 5) is 0. The molecule has 0 spiro atoms. The number of aryl methyl sites for hydroxylation is 1. The Hall–Kier alpha value is -0.820. The van der Waals surface area contributed by atoms with Crippen LogP contribution >= 0.6 is 0 Å². The van der Waals surface area contributed by atoms with Gasteiger partial charge >= 0.3 is 0 Å². The van der Waals surface area contributed by atoms with Crippen LogP contribution in [0, 0.1) is 5.41 Å². The second kappa shape index (κ2) is 6.56. The molecule has 1 fully saturated rings. The number of rotatable bonds is 6. The van der Waals surface area contributed by atoms with Crippen molar-refractivity contribution in [1.82, 2.24) is 5.32 Å². The highest BCUT2D eigenvalue weighted by molar-refractivity contribution is 5.23. The SMILES string of the molecule is CCNC(Cc1ccc(CC)cc1)C1(C)CCCC1. The number of hydrogen-bond acceptors (Lipinski definition) is 1. The molecule has 0 aromatic heterocycles. The molecular formula is C18H29N. The molecule has 2 rings (SSSR count). The molecule has 1 aliphatic carbocycles. The van der Waals surface area contributed by atoms with E-state index < -0.39 is 0 Å². The second-order valence-corrected chi connectivity index (χ2v) is 6.35. The van der Waals surface area contributed by atoms with E-state index in [0.29, 0.717) is 11.5 Å². The summed E-state index contributed by atoms with van der Waals surface area (Å²) < 4.78 is 0. The van der Waals surface area contributed by atoms with Gasteiger partial charge in [0.05, 0.1) is 0 Å². The zero-order valence-corrected chi connectivity index (χ0v) is 12.8. The third kappa shape index (κ3) is 3.60. The van der Waals surface area contributed by atoms with E-state index in [9.17, 15) is 0 Å². The summed E-state index contributed by atoms with van der Waals surface area (Å²) in [5.74, 6) is 0. The smallest absolute Gasteiger partial charge is 0.0161 e. The molecule has 106 valence electrons.